The van der Waals surface area contributed by atoms with Gasteiger partial charge in [-0.1, -0.05) is 6.07 Å². The number of nitrogens with one attached hydrogen (secondary N) is 1. The highest BCUT2D eigenvalue weighted by molar-refractivity contribution is 7.92. The second-order valence-corrected chi connectivity index (χ2v) is 5.93. The molecule has 0 aliphatic carbocycles. The maximum Gasteiger partial charge on any atom is 0.279 e. The highest BCUT2D eigenvalue weighted by atomic mass is 32.2. The van der Waals surface area contributed by atoms with E-state index in [1.54, 1.807) is 24.1 Å². The molecule has 0 saturated heterocycles. The summed E-state index contributed by atoms with van der Waals surface area (Å²) in [6, 6.07) is 3.05. The summed E-state index contributed by atoms with van der Waals surface area (Å²) in [6.45, 7) is 1.35. The molecule has 2 heterocycles. The van der Waals surface area contributed by atoms with Crippen molar-refractivity contribution in [1.29, 1.82) is 0 Å². The van der Waals surface area contributed by atoms with Crippen LogP contribution in [0.1, 0.15) is 5.56 Å². The van der Waals surface area contributed by atoms with E-state index in [9.17, 15) is 8.42 Å². The minimum absolute atomic E-state index is 0.0654. The molecule has 0 saturated carbocycles. The molecule has 0 aromatic carbocycles. The lowest BCUT2D eigenvalue weighted by atomic mass is 10.3. The van der Waals surface area contributed by atoms with Crippen LogP contribution in [0.15, 0.2) is 35.7 Å². The van der Waals surface area contributed by atoms with Crippen molar-refractivity contribution >= 4 is 15.7 Å². The molecule has 0 aliphatic rings. The van der Waals surface area contributed by atoms with Crippen molar-refractivity contribution in [2.45, 2.75) is 18.1 Å². The number of anilines is 1. The normalized spacial score (nSPS) is 11.5. The number of hydrogen-bond acceptors (Lipinski definition) is 6. The third-order valence-electron chi connectivity index (χ3n) is 2.72. The van der Waals surface area contributed by atoms with Crippen molar-refractivity contribution < 1.29 is 13.2 Å². The van der Waals surface area contributed by atoms with Gasteiger partial charge in [0, 0.05) is 26.0 Å². The van der Waals surface area contributed by atoms with Crippen LogP contribution in [-0.4, -0.2) is 36.9 Å². The summed E-state index contributed by atoms with van der Waals surface area (Å²) < 4.78 is 33.3. The number of nitrogens with zero attached hydrogens (tertiary/aromatic N) is 3. The Morgan fingerprint density at radius 2 is 2.19 bits per heavy atom. The largest absolute Gasteiger partial charge is 0.383 e. The fourth-order valence-electron chi connectivity index (χ4n) is 1.62. The minimum atomic E-state index is -3.73. The van der Waals surface area contributed by atoms with Gasteiger partial charge in [-0.2, -0.15) is 13.5 Å². The Balaban J connectivity index is 2.10. The first kappa shape index (κ1) is 15.4. The van der Waals surface area contributed by atoms with E-state index in [1.165, 1.54) is 18.5 Å². The van der Waals surface area contributed by atoms with Crippen LogP contribution in [0.4, 0.5) is 5.69 Å². The van der Waals surface area contributed by atoms with Gasteiger partial charge in [-0.15, -0.1) is 0 Å². The third kappa shape index (κ3) is 4.00. The molecule has 2 rings (SSSR count). The zero-order chi connectivity index (χ0) is 15.3. The Labute approximate surface area is 123 Å². The molecule has 0 aliphatic heterocycles. The van der Waals surface area contributed by atoms with Gasteiger partial charge in [-0.05, 0) is 11.6 Å². The van der Waals surface area contributed by atoms with E-state index in [1.807, 2.05) is 0 Å². The smallest absolute Gasteiger partial charge is 0.279 e. The molecule has 3 N–H and O–H groups in total. The monoisotopic (exact) mass is 311 g/mol. The van der Waals surface area contributed by atoms with Crippen molar-refractivity contribution in [3.05, 3.63) is 36.3 Å². The molecule has 0 unspecified atom stereocenters. The Hall–Kier alpha value is -1.97. The number of sulfonamides is 1. The number of rotatable bonds is 7. The van der Waals surface area contributed by atoms with Gasteiger partial charge in [0.15, 0.2) is 5.03 Å². The summed E-state index contributed by atoms with van der Waals surface area (Å²) in [5.41, 5.74) is 6.59. The predicted octanol–water partition coefficient (Wildman–Crippen LogP) is 0.184. The van der Waals surface area contributed by atoms with E-state index >= 15 is 0 Å². The predicted molar refractivity (Wildman–Crippen MR) is 77.0 cm³/mol. The summed E-state index contributed by atoms with van der Waals surface area (Å²) in [7, 11) is -2.14. The van der Waals surface area contributed by atoms with E-state index in [-0.39, 0.29) is 5.03 Å². The van der Waals surface area contributed by atoms with Crippen LogP contribution in [0.3, 0.4) is 0 Å². The summed E-state index contributed by atoms with van der Waals surface area (Å²) in [4.78, 5) is 3.90. The Morgan fingerprint density at radius 1 is 1.38 bits per heavy atom. The number of methoxy groups -OCH3 is 1. The van der Waals surface area contributed by atoms with E-state index in [0.717, 1.165) is 5.56 Å². The van der Waals surface area contributed by atoms with Gasteiger partial charge in [0.05, 0.1) is 25.0 Å². The molecule has 0 fully saturated rings. The molecule has 114 valence electrons. The molecule has 0 atom stereocenters. The van der Waals surface area contributed by atoms with E-state index in [0.29, 0.717) is 25.4 Å². The van der Waals surface area contributed by atoms with Crippen LogP contribution in [-0.2, 0) is 27.8 Å². The molecule has 0 spiro atoms. The second kappa shape index (κ2) is 6.66. The maximum absolute atomic E-state index is 12.2. The van der Waals surface area contributed by atoms with Gasteiger partial charge < -0.3 is 10.5 Å². The first-order valence-electron chi connectivity index (χ1n) is 6.24. The fraction of sp³-hybridized carbons (Fsp3) is 0.333. The topological polar surface area (TPSA) is 112 Å². The number of pyridine rings is 1. The third-order valence-corrected chi connectivity index (χ3v) is 4.02. The average Bonchev–Trinajstić information content (AvgIpc) is 2.92. The van der Waals surface area contributed by atoms with Crippen LogP contribution in [0.25, 0.3) is 0 Å². The van der Waals surface area contributed by atoms with Crippen LogP contribution in [0.2, 0.25) is 0 Å². The molecule has 9 heteroatoms. The van der Waals surface area contributed by atoms with E-state index in [2.05, 4.69) is 14.8 Å². The first-order valence-corrected chi connectivity index (χ1v) is 7.72. The Morgan fingerprint density at radius 3 is 2.81 bits per heavy atom. The molecule has 8 nitrogen and oxygen atoms in total. The minimum Gasteiger partial charge on any atom is -0.383 e. The molecule has 21 heavy (non-hydrogen) atoms. The molecule has 0 bridgehead atoms. The quantitative estimate of drug-likeness (QED) is 0.754. The van der Waals surface area contributed by atoms with Crippen molar-refractivity contribution in [2.75, 3.05) is 18.4 Å². The highest BCUT2D eigenvalue weighted by Crippen LogP contribution is 2.13. The lowest BCUT2D eigenvalue weighted by molar-refractivity contribution is 0.183. The standard InChI is InChI=1S/C12H17N5O3S/c1-20-5-4-17-9-11(8-15-17)16-21(18,19)12-3-2-10(6-13)7-14-12/h2-3,7-9,16H,4-6,13H2,1H3. The van der Waals surface area contributed by atoms with Crippen molar-refractivity contribution in [1.82, 2.24) is 14.8 Å². The van der Waals surface area contributed by atoms with Gasteiger partial charge in [0.1, 0.15) is 0 Å². The van der Waals surface area contributed by atoms with Gasteiger partial charge in [-0.25, -0.2) is 4.98 Å². The molecule has 2 aromatic rings. The Kier molecular flexibility index (Phi) is 4.89. The molecular formula is C12H17N5O3S. The average molecular weight is 311 g/mol. The van der Waals surface area contributed by atoms with Gasteiger partial charge in [0.25, 0.3) is 10.0 Å². The van der Waals surface area contributed by atoms with Crippen LogP contribution < -0.4 is 10.5 Å². The van der Waals surface area contributed by atoms with Crippen molar-refractivity contribution in [2.24, 2.45) is 5.73 Å². The Bertz CT molecular complexity index is 681. The fourth-order valence-corrected chi connectivity index (χ4v) is 2.58. The second-order valence-electron chi connectivity index (χ2n) is 4.30. The van der Waals surface area contributed by atoms with E-state index < -0.39 is 10.0 Å². The van der Waals surface area contributed by atoms with Gasteiger partial charge >= 0.3 is 0 Å². The van der Waals surface area contributed by atoms with Crippen molar-refractivity contribution in [3.8, 4) is 0 Å². The highest BCUT2D eigenvalue weighted by Gasteiger charge is 2.16. The number of aromatic nitrogens is 3. The number of ether oxygens (including phenoxy) is 1. The summed E-state index contributed by atoms with van der Waals surface area (Å²) in [5, 5.41) is 3.97. The zero-order valence-corrected chi connectivity index (χ0v) is 12.4. The number of nitrogens with two attached hydrogens (primary N) is 1. The number of hydrogen-bond donors (Lipinski definition) is 2. The summed E-state index contributed by atoms with van der Waals surface area (Å²) >= 11 is 0. The SMILES string of the molecule is COCCn1cc(NS(=O)(=O)c2ccc(CN)cn2)cn1. The van der Waals surface area contributed by atoms with Crippen LogP contribution in [0, 0.1) is 0 Å². The van der Waals surface area contributed by atoms with Crippen molar-refractivity contribution in [3.63, 3.8) is 0 Å². The van der Waals surface area contributed by atoms with Crippen LogP contribution >= 0.6 is 0 Å². The summed E-state index contributed by atoms with van der Waals surface area (Å²) in [5.74, 6) is 0. The molecule has 0 radical (unpaired) electrons. The van der Waals surface area contributed by atoms with Crippen LogP contribution in [0.5, 0.6) is 0 Å². The van der Waals surface area contributed by atoms with Gasteiger partial charge in [-0.3, -0.25) is 9.40 Å². The summed E-state index contributed by atoms with van der Waals surface area (Å²) in [6.07, 6.45) is 4.46. The lowest BCUT2D eigenvalue weighted by Gasteiger charge is -2.05. The van der Waals surface area contributed by atoms with Gasteiger partial charge in [0.2, 0.25) is 0 Å². The zero-order valence-electron chi connectivity index (χ0n) is 11.6. The lowest BCUT2D eigenvalue weighted by Crippen LogP contribution is -2.14. The molecule has 0 amide bonds. The molecular weight excluding hydrogens is 294 g/mol. The molecule has 2 aromatic heterocycles. The maximum atomic E-state index is 12.2. The van der Waals surface area contributed by atoms with E-state index in [4.69, 9.17) is 10.5 Å². The first-order chi connectivity index (χ1) is 10.0.